The molecule has 0 bridgehead atoms. The first-order valence-corrected chi connectivity index (χ1v) is 11.7. The lowest BCUT2D eigenvalue weighted by molar-refractivity contribution is 0.0756. The SMILES string of the molecule is N#CCC(CN1CCCN(C(=O)c2ccc(O)cc2F)CC1)n1cc(-c2ncnc3[nH]ccc23)cn1. The summed E-state index contributed by atoms with van der Waals surface area (Å²) < 4.78 is 16.0. The fourth-order valence-electron chi connectivity index (χ4n) is 4.61. The lowest BCUT2D eigenvalue weighted by Crippen LogP contribution is -2.37. The van der Waals surface area contributed by atoms with E-state index in [1.807, 2.05) is 18.5 Å². The summed E-state index contributed by atoms with van der Waals surface area (Å²) in [5.74, 6) is -1.33. The maximum absolute atomic E-state index is 14.2. The van der Waals surface area contributed by atoms with Gasteiger partial charge in [0.25, 0.3) is 5.91 Å². The van der Waals surface area contributed by atoms with Gasteiger partial charge >= 0.3 is 0 Å². The van der Waals surface area contributed by atoms with Crippen LogP contribution in [0.4, 0.5) is 4.39 Å². The Kier molecular flexibility index (Phi) is 6.60. The Morgan fingerprint density at radius 3 is 2.94 bits per heavy atom. The van der Waals surface area contributed by atoms with E-state index in [2.05, 4.69) is 31.0 Å². The van der Waals surface area contributed by atoms with Crippen molar-refractivity contribution < 1.29 is 14.3 Å². The summed E-state index contributed by atoms with van der Waals surface area (Å²) in [6, 6.07) is 7.58. The van der Waals surface area contributed by atoms with Gasteiger partial charge in [-0.1, -0.05) is 0 Å². The summed E-state index contributed by atoms with van der Waals surface area (Å²) in [5, 5.41) is 24.3. The standard InChI is InChI=1S/C25H25FN8O2/c26-22-12-19(35)2-3-20(22)25(36)33-9-1-8-32(10-11-33)15-18(4-6-27)34-14-17(13-31-34)23-21-5-7-28-24(21)30-16-29-23/h2-3,5,7,12-14,16,18,35H,1,4,8-11,15H2,(H,28,29,30). The summed E-state index contributed by atoms with van der Waals surface area (Å²) in [6.45, 7) is 2.87. The smallest absolute Gasteiger partial charge is 0.256 e. The number of nitrogens with zero attached hydrogens (tertiary/aromatic N) is 7. The van der Waals surface area contributed by atoms with E-state index >= 15 is 0 Å². The van der Waals surface area contributed by atoms with Gasteiger partial charge in [-0.25, -0.2) is 14.4 Å². The molecule has 1 saturated heterocycles. The average Bonchev–Trinajstić information content (AvgIpc) is 3.49. The minimum atomic E-state index is -0.731. The van der Waals surface area contributed by atoms with E-state index in [4.69, 9.17) is 0 Å². The Balaban J connectivity index is 1.28. The minimum Gasteiger partial charge on any atom is -0.508 e. The fourth-order valence-corrected chi connectivity index (χ4v) is 4.61. The van der Waals surface area contributed by atoms with Crippen LogP contribution in [0.25, 0.3) is 22.3 Å². The number of phenolic OH excluding ortho intramolecular Hbond substituents is 1. The molecule has 1 atom stereocenters. The number of carbonyl (C=O) groups excluding carboxylic acids is 1. The van der Waals surface area contributed by atoms with Gasteiger partial charge in [0.15, 0.2) is 0 Å². The predicted molar refractivity (Wildman–Crippen MR) is 129 cm³/mol. The second kappa shape index (κ2) is 10.1. The Morgan fingerprint density at radius 2 is 2.11 bits per heavy atom. The van der Waals surface area contributed by atoms with Gasteiger partial charge in [-0.15, -0.1) is 0 Å². The van der Waals surface area contributed by atoms with Crippen molar-refractivity contribution >= 4 is 16.9 Å². The van der Waals surface area contributed by atoms with Crippen LogP contribution in [0.15, 0.2) is 49.2 Å². The summed E-state index contributed by atoms with van der Waals surface area (Å²) in [5.41, 5.74) is 2.31. The topological polar surface area (TPSA) is 127 Å². The Hall–Kier alpha value is -4.30. The van der Waals surface area contributed by atoms with Crippen LogP contribution in [0.3, 0.4) is 0 Å². The van der Waals surface area contributed by atoms with Crippen LogP contribution in [-0.4, -0.2) is 78.3 Å². The highest BCUT2D eigenvalue weighted by Crippen LogP contribution is 2.26. The number of amides is 1. The zero-order valence-electron chi connectivity index (χ0n) is 19.5. The highest BCUT2D eigenvalue weighted by molar-refractivity contribution is 5.94. The average molecular weight is 489 g/mol. The van der Waals surface area contributed by atoms with E-state index < -0.39 is 5.82 Å². The molecular weight excluding hydrogens is 463 g/mol. The lowest BCUT2D eigenvalue weighted by Gasteiger charge is -2.25. The Bertz CT molecular complexity index is 1420. The van der Waals surface area contributed by atoms with Crippen molar-refractivity contribution in [2.75, 3.05) is 32.7 Å². The largest absolute Gasteiger partial charge is 0.508 e. The first-order chi connectivity index (χ1) is 17.5. The molecule has 1 fully saturated rings. The molecule has 0 saturated carbocycles. The third-order valence-corrected chi connectivity index (χ3v) is 6.46. The van der Waals surface area contributed by atoms with Gasteiger partial charge in [-0.3, -0.25) is 14.4 Å². The molecule has 5 rings (SSSR count). The van der Waals surface area contributed by atoms with E-state index in [-0.39, 0.29) is 29.7 Å². The van der Waals surface area contributed by atoms with Gasteiger partial charge in [0.05, 0.1) is 36.0 Å². The number of H-pyrrole nitrogens is 1. The van der Waals surface area contributed by atoms with E-state index in [1.165, 1.54) is 18.5 Å². The summed E-state index contributed by atoms with van der Waals surface area (Å²) >= 11 is 0. The van der Waals surface area contributed by atoms with Crippen molar-refractivity contribution in [2.24, 2.45) is 0 Å². The predicted octanol–water partition coefficient (Wildman–Crippen LogP) is 2.97. The monoisotopic (exact) mass is 488 g/mol. The number of nitriles is 1. The highest BCUT2D eigenvalue weighted by Gasteiger charge is 2.25. The fraction of sp³-hybridized carbons (Fsp3) is 0.320. The lowest BCUT2D eigenvalue weighted by atomic mass is 10.1. The van der Waals surface area contributed by atoms with Crippen molar-refractivity contribution in [1.29, 1.82) is 5.26 Å². The number of nitrogens with one attached hydrogen (secondary N) is 1. The summed E-state index contributed by atoms with van der Waals surface area (Å²) in [7, 11) is 0. The Morgan fingerprint density at radius 1 is 1.22 bits per heavy atom. The molecule has 4 heterocycles. The number of rotatable bonds is 6. The first kappa shape index (κ1) is 23.4. The Labute approximate surface area is 206 Å². The maximum atomic E-state index is 14.2. The van der Waals surface area contributed by atoms with Crippen molar-refractivity contribution in [3.8, 4) is 23.1 Å². The molecule has 0 radical (unpaired) electrons. The number of aromatic nitrogens is 5. The molecule has 2 N–H and O–H groups in total. The van der Waals surface area contributed by atoms with Gasteiger partial charge in [-0.05, 0) is 31.2 Å². The number of hydrogen-bond donors (Lipinski definition) is 2. The van der Waals surface area contributed by atoms with Crippen LogP contribution >= 0.6 is 0 Å². The van der Waals surface area contributed by atoms with Crippen molar-refractivity contribution in [3.05, 3.63) is 60.6 Å². The number of aromatic amines is 1. The van der Waals surface area contributed by atoms with E-state index in [0.717, 1.165) is 41.3 Å². The van der Waals surface area contributed by atoms with E-state index in [9.17, 15) is 19.6 Å². The van der Waals surface area contributed by atoms with Crippen LogP contribution in [0.1, 0.15) is 29.2 Å². The molecule has 11 heteroatoms. The van der Waals surface area contributed by atoms with Crippen LogP contribution in [0.2, 0.25) is 0 Å². The molecule has 36 heavy (non-hydrogen) atoms. The molecule has 184 valence electrons. The highest BCUT2D eigenvalue weighted by atomic mass is 19.1. The van der Waals surface area contributed by atoms with Crippen molar-refractivity contribution in [3.63, 3.8) is 0 Å². The van der Waals surface area contributed by atoms with Crippen LogP contribution in [0, 0.1) is 17.1 Å². The second-order valence-electron chi connectivity index (χ2n) is 8.80. The number of aromatic hydroxyl groups is 1. The van der Waals surface area contributed by atoms with Gasteiger partial charge in [-0.2, -0.15) is 10.4 Å². The molecule has 10 nitrogen and oxygen atoms in total. The van der Waals surface area contributed by atoms with Crippen LogP contribution in [0.5, 0.6) is 5.75 Å². The number of fused-ring (bicyclic) bond motifs is 1. The molecule has 0 aliphatic carbocycles. The zero-order chi connectivity index (χ0) is 25.1. The van der Waals surface area contributed by atoms with Gasteiger partial charge in [0.1, 0.15) is 23.5 Å². The number of benzene rings is 1. The van der Waals surface area contributed by atoms with Crippen LogP contribution in [-0.2, 0) is 0 Å². The number of hydrogen-bond acceptors (Lipinski definition) is 7. The van der Waals surface area contributed by atoms with Crippen molar-refractivity contribution in [1.82, 2.24) is 34.5 Å². The number of phenols is 1. The normalized spacial score (nSPS) is 15.5. The number of halogens is 1. The van der Waals surface area contributed by atoms with Crippen LogP contribution < -0.4 is 0 Å². The third-order valence-electron chi connectivity index (χ3n) is 6.46. The summed E-state index contributed by atoms with van der Waals surface area (Å²) in [4.78, 5) is 28.4. The maximum Gasteiger partial charge on any atom is 0.256 e. The van der Waals surface area contributed by atoms with Gasteiger partial charge in [0, 0.05) is 55.6 Å². The van der Waals surface area contributed by atoms with Gasteiger partial charge < -0.3 is 15.0 Å². The first-order valence-electron chi connectivity index (χ1n) is 11.7. The van der Waals surface area contributed by atoms with Gasteiger partial charge in [0.2, 0.25) is 0 Å². The van der Waals surface area contributed by atoms with E-state index in [1.54, 1.807) is 15.8 Å². The van der Waals surface area contributed by atoms with Crippen molar-refractivity contribution in [2.45, 2.75) is 18.9 Å². The molecule has 1 aliphatic rings. The minimum absolute atomic E-state index is 0.0473. The molecule has 1 unspecified atom stereocenters. The summed E-state index contributed by atoms with van der Waals surface area (Å²) in [6.07, 6.45) is 7.97. The second-order valence-corrected chi connectivity index (χ2v) is 8.80. The molecule has 0 spiro atoms. The zero-order valence-corrected chi connectivity index (χ0v) is 19.5. The number of carbonyl (C=O) groups is 1. The molecule has 3 aromatic heterocycles. The molecule has 1 aromatic carbocycles. The third kappa shape index (κ3) is 4.76. The molecule has 1 aliphatic heterocycles. The molecule has 1 amide bonds. The molecule has 4 aromatic rings. The van der Waals surface area contributed by atoms with E-state index in [0.29, 0.717) is 26.2 Å². The quantitative estimate of drug-likeness (QED) is 0.427. The molecular formula is C25H25FN8O2.